The molecule has 0 saturated heterocycles. The molecule has 0 fully saturated rings. The van der Waals surface area contributed by atoms with Crippen molar-refractivity contribution in [2.75, 3.05) is 14.2 Å². The highest BCUT2D eigenvalue weighted by Gasteiger charge is 2.16. The number of ether oxygens (including phenoxy) is 2. The van der Waals surface area contributed by atoms with Crippen LogP contribution in [0.15, 0.2) is 39.4 Å². The largest absolute Gasteiger partial charge is 0.493 e. The fourth-order valence-corrected chi connectivity index (χ4v) is 2.49. The Labute approximate surface area is 122 Å². The zero-order chi connectivity index (χ0) is 13.1. The number of hydrogen-bond donors (Lipinski definition) is 0. The Morgan fingerprint density at radius 3 is 2.33 bits per heavy atom. The van der Waals surface area contributed by atoms with Crippen LogP contribution in [-0.2, 0) is 0 Å². The highest BCUT2D eigenvalue weighted by molar-refractivity contribution is 9.10. The van der Waals surface area contributed by atoms with Crippen molar-refractivity contribution in [2.24, 2.45) is 0 Å². The molecule has 0 aliphatic rings. The Hall–Kier alpha value is -0.940. The summed E-state index contributed by atoms with van der Waals surface area (Å²) in [6, 6.07) is 9.55. The summed E-state index contributed by atoms with van der Waals surface area (Å²) >= 11 is 6.90. The summed E-state index contributed by atoms with van der Waals surface area (Å²) in [4.78, 5) is -0.0244. The van der Waals surface area contributed by atoms with E-state index in [2.05, 4.69) is 31.9 Å². The second-order valence-corrected chi connectivity index (χ2v) is 5.32. The first-order chi connectivity index (χ1) is 8.65. The van der Waals surface area contributed by atoms with Gasteiger partial charge in [-0.1, -0.05) is 22.0 Å². The molecule has 2 rings (SSSR count). The van der Waals surface area contributed by atoms with Crippen molar-refractivity contribution in [1.29, 1.82) is 0 Å². The van der Waals surface area contributed by atoms with E-state index in [0.717, 1.165) is 11.3 Å². The zero-order valence-corrected chi connectivity index (χ0v) is 13.1. The van der Waals surface area contributed by atoms with E-state index >= 15 is 0 Å². The van der Waals surface area contributed by atoms with Gasteiger partial charge in [0, 0.05) is 0 Å². The normalized spacial score (nSPS) is 12.2. The number of halogens is 2. The zero-order valence-electron chi connectivity index (χ0n) is 9.94. The van der Waals surface area contributed by atoms with Crippen molar-refractivity contribution in [3.63, 3.8) is 0 Å². The molecule has 0 amide bonds. The van der Waals surface area contributed by atoms with Gasteiger partial charge in [0.15, 0.2) is 16.2 Å². The topological polar surface area (TPSA) is 31.6 Å². The summed E-state index contributed by atoms with van der Waals surface area (Å²) < 4.78 is 16.7. The minimum Gasteiger partial charge on any atom is -0.493 e. The number of methoxy groups -OCH3 is 2. The summed E-state index contributed by atoms with van der Waals surface area (Å²) in [5.41, 5.74) is 1.04. The van der Waals surface area contributed by atoms with Crippen molar-refractivity contribution in [1.82, 2.24) is 0 Å². The van der Waals surface area contributed by atoms with Crippen LogP contribution in [0.25, 0.3) is 0 Å². The van der Waals surface area contributed by atoms with Crippen molar-refractivity contribution in [3.8, 4) is 11.5 Å². The number of furan rings is 1. The summed E-state index contributed by atoms with van der Waals surface area (Å²) in [5, 5.41) is 0. The van der Waals surface area contributed by atoms with Crippen LogP contribution in [0.5, 0.6) is 11.5 Å². The molecular formula is C13H12Br2O3. The Morgan fingerprint density at radius 2 is 1.78 bits per heavy atom. The molecule has 1 aromatic heterocycles. The molecule has 1 heterocycles. The molecule has 18 heavy (non-hydrogen) atoms. The number of alkyl halides is 1. The van der Waals surface area contributed by atoms with Gasteiger partial charge < -0.3 is 13.9 Å². The van der Waals surface area contributed by atoms with Gasteiger partial charge in [0.2, 0.25) is 0 Å². The van der Waals surface area contributed by atoms with Crippen LogP contribution in [0, 0.1) is 0 Å². The highest BCUT2D eigenvalue weighted by Crippen LogP contribution is 2.37. The second-order valence-electron chi connectivity index (χ2n) is 3.62. The summed E-state index contributed by atoms with van der Waals surface area (Å²) in [5.74, 6) is 2.24. The van der Waals surface area contributed by atoms with E-state index in [9.17, 15) is 0 Å². The minimum absolute atomic E-state index is 0.0244. The van der Waals surface area contributed by atoms with Crippen LogP contribution >= 0.6 is 31.9 Å². The van der Waals surface area contributed by atoms with Gasteiger partial charge in [0.05, 0.1) is 19.0 Å². The van der Waals surface area contributed by atoms with Crippen LogP contribution in [0.3, 0.4) is 0 Å². The van der Waals surface area contributed by atoms with Crippen molar-refractivity contribution in [2.45, 2.75) is 4.83 Å². The molecule has 96 valence electrons. The molecule has 3 nitrogen and oxygen atoms in total. The standard InChI is InChI=1S/C13H12Br2O3/c1-16-9-4-3-8(7-11(9)17-2)13(15)10-5-6-12(14)18-10/h3-7,13H,1-2H3. The molecule has 0 radical (unpaired) electrons. The molecule has 2 aromatic rings. The van der Waals surface area contributed by atoms with Crippen LogP contribution in [0.4, 0.5) is 0 Å². The lowest BCUT2D eigenvalue weighted by Crippen LogP contribution is -1.95. The molecule has 1 unspecified atom stereocenters. The maximum atomic E-state index is 5.53. The maximum Gasteiger partial charge on any atom is 0.169 e. The Morgan fingerprint density at radius 1 is 1.06 bits per heavy atom. The predicted molar refractivity (Wildman–Crippen MR) is 76.7 cm³/mol. The van der Waals surface area contributed by atoms with Crippen molar-refractivity contribution < 1.29 is 13.9 Å². The van der Waals surface area contributed by atoms with E-state index in [0.29, 0.717) is 16.2 Å². The average Bonchev–Trinajstić information content (AvgIpc) is 2.83. The highest BCUT2D eigenvalue weighted by atomic mass is 79.9. The van der Waals surface area contributed by atoms with Gasteiger partial charge in [-0.25, -0.2) is 0 Å². The Kier molecular flexibility index (Phi) is 4.35. The van der Waals surface area contributed by atoms with Gasteiger partial charge in [-0.15, -0.1) is 0 Å². The van der Waals surface area contributed by atoms with Crippen LogP contribution in [0.2, 0.25) is 0 Å². The SMILES string of the molecule is COc1ccc(C(Br)c2ccc(Br)o2)cc1OC. The molecule has 5 heteroatoms. The Bertz CT molecular complexity index is 537. The number of benzene rings is 1. The third-order valence-corrected chi connectivity index (χ3v) is 3.95. The van der Waals surface area contributed by atoms with E-state index in [1.165, 1.54) is 0 Å². The lowest BCUT2D eigenvalue weighted by molar-refractivity contribution is 0.354. The van der Waals surface area contributed by atoms with Crippen LogP contribution in [0.1, 0.15) is 16.2 Å². The van der Waals surface area contributed by atoms with E-state index < -0.39 is 0 Å². The number of hydrogen-bond acceptors (Lipinski definition) is 3. The van der Waals surface area contributed by atoms with E-state index in [1.54, 1.807) is 14.2 Å². The lowest BCUT2D eigenvalue weighted by Gasteiger charge is -2.12. The second kappa shape index (κ2) is 5.80. The first-order valence-corrected chi connectivity index (χ1v) is 6.97. The van der Waals surface area contributed by atoms with Crippen LogP contribution < -0.4 is 9.47 Å². The third kappa shape index (κ3) is 2.72. The van der Waals surface area contributed by atoms with Gasteiger partial charge in [-0.3, -0.25) is 0 Å². The average molecular weight is 376 g/mol. The smallest absolute Gasteiger partial charge is 0.169 e. The molecular weight excluding hydrogens is 364 g/mol. The fraction of sp³-hybridized carbons (Fsp3) is 0.231. The summed E-state index contributed by atoms with van der Waals surface area (Å²) in [6.45, 7) is 0. The van der Waals surface area contributed by atoms with Gasteiger partial charge in [-0.05, 0) is 45.8 Å². The summed E-state index contributed by atoms with van der Waals surface area (Å²) in [6.07, 6.45) is 0. The molecule has 0 aliphatic carbocycles. The van der Waals surface area contributed by atoms with Gasteiger partial charge >= 0.3 is 0 Å². The number of rotatable bonds is 4. The third-order valence-electron chi connectivity index (χ3n) is 2.54. The van der Waals surface area contributed by atoms with Crippen molar-refractivity contribution in [3.05, 3.63) is 46.3 Å². The van der Waals surface area contributed by atoms with Crippen molar-refractivity contribution >= 4 is 31.9 Å². The predicted octanol–water partition coefficient (Wildman–Crippen LogP) is 4.54. The fourth-order valence-electron chi connectivity index (χ4n) is 1.64. The van der Waals surface area contributed by atoms with Gasteiger partial charge in [0.25, 0.3) is 0 Å². The molecule has 1 atom stereocenters. The first-order valence-electron chi connectivity index (χ1n) is 5.27. The van der Waals surface area contributed by atoms with Gasteiger partial charge in [-0.2, -0.15) is 0 Å². The lowest BCUT2D eigenvalue weighted by atomic mass is 10.1. The van der Waals surface area contributed by atoms with E-state index in [4.69, 9.17) is 13.9 Å². The minimum atomic E-state index is -0.0244. The molecule has 0 aliphatic heterocycles. The van der Waals surface area contributed by atoms with Crippen LogP contribution in [-0.4, -0.2) is 14.2 Å². The van der Waals surface area contributed by atoms with Gasteiger partial charge in [0.1, 0.15) is 5.76 Å². The maximum absolute atomic E-state index is 5.53. The molecule has 1 aromatic carbocycles. The quantitative estimate of drug-likeness (QED) is 0.735. The molecule has 0 bridgehead atoms. The molecule has 0 saturated carbocycles. The Balaban J connectivity index is 2.33. The molecule has 0 N–H and O–H groups in total. The van der Waals surface area contributed by atoms with E-state index in [1.807, 2.05) is 30.3 Å². The monoisotopic (exact) mass is 374 g/mol. The molecule has 0 spiro atoms. The van der Waals surface area contributed by atoms with E-state index in [-0.39, 0.29) is 4.83 Å². The summed E-state index contributed by atoms with van der Waals surface area (Å²) in [7, 11) is 3.24. The first kappa shape index (κ1) is 13.5.